The van der Waals surface area contributed by atoms with Crippen LogP contribution in [0.15, 0.2) is 61.2 Å². The maximum atomic E-state index is 11.9. The molecule has 0 atom stereocenters. The van der Waals surface area contributed by atoms with Gasteiger partial charge in [-0.2, -0.15) is 5.10 Å². The van der Waals surface area contributed by atoms with E-state index in [2.05, 4.69) is 25.4 Å². The number of amides is 1. The summed E-state index contributed by atoms with van der Waals surface area (Å²) in [6.07, 6.45) is 3.44. The van der Waals surface area contributed by atoms with Crippen LogP contribution in [0.1, 0.15) is 12.0 Å². The highest BCUT2D eigenvalue weighted by Crippen LogP contribution is 2.20. The van der Waals surface area contributed by atoms with E-state index in [9.17, 15) is 4.79 Å². The summed E-state index contributed by atoms with van der Waals surface area (Å²) in [7, 11) is 0. The Labute approximate surface area is 150 Å². The fourth-order valence-electron chi connectivity index (χ4n) is 2.72. The molecule has 2 aromatic carbocycles. The highest BCUT2D eigenvalue weighted by atomic mass is 16.1. The van der Waals surface area contributed by atoms with Crippen LogP contribution in [0.25, 0.3) is 22.4 Å². The number of H-pyrrole nitrogens is 1. The fraction of sp³-hybridized carbons (Fsp3) is 0.158. The standard InChI is InChI=1S/C19H18N6O/c26-18(9-10-25-13-20-12-22-25)21-11-14-5-7-15(8-6-14)19-23-16-3-1-2-4-17(16)24-19/h1-8,12-13H,9-11H2,(H,21,26)(H,23,24). The zero-order valence-electron chi connectivity index (χ0n) is 14.1. The number of rotatable bonds is 6. The van der Waals surface area contributed by atoms with Gasteiger partial charge in [-0.1, -0.05) is 36.4 Å². The van der Waals surface area contributed by atoms with Crippen molar-refractivity contribution < 1.29 is 4.79 Å². The van der Waals surface area contributed by atoms with Crippen molar-refractivity contribution in [3.05, 3.63) is 66.7 Å². The lowest BCUT2D eigenvalue weighted by atomic mass is 10.1. The molecule has 0 radical (unpaired) electrons. The number of aromatic nitrogens is 5. The van der Waals surface area contributed by atoms with Crippen LogP contribution in [0, 0.1) is 0 Å². The number of aromatic amines is 1. The van der Waals surface area contributed by atoms with Crippen LogP contribution in [-0.4, -0.2) is 30.6 Å². The third kappa shape index (κ3) is 3.61. The number of nitrogens with zero attached hydrogens (tertiary/aromatic N) is 4. The Morgan fingerprint density at radius 3 is 2.73 bits per heavy atom. The van der Waals surface area contributed by atoms with Gasteiger partial charge in [0.2, 0.25) is 5.91 Å². The van der Waals surface area contributed by atoms with E-state index in [0.29, 0.717) is 19.5 Å². The van der Waals surface area contributed by atoms with Crippen molar-refractivity contribution in [2.24, 2.45) is 0 Å². The van der Waals surface area contributed by atoms with Gasteiger partial charge in [0.05, 0.1) is 17.6 Å². The van der Waals surface area contributed by atoms with Crippen LogP contribution in [0.2, 0.25) is 0 Å². The Hall–Kier alpha value is -3.48. The maximum absolute atomic E-state index is 11.9. The average Bonchev–Trinajstić information content (AvgIpc) is 3.34. The molecule has 0 spiro atoms. The molecule has 0 bridgehead atoms. The molecule has 0 aliphatic carbocycles. The van der Waals surface area contributed by atoms with Gasteiger partial charge in [-0.05, 0) is 17.7 Å². The molecule has 0 unspecified atom stereocenters. The summed E-state index contributed by atoms with van der Waals surface area (Å²) in [6.45, 7) is 1.02. The van der Waals surface area contributed by atoms with Gasteiger partial charge in [0.15, 0.2) is 0 Å². The van der Waals surface area contributed by atoms with E-state index in [4.69, 9.17) is 0 Å². The largest absolute Gasteiger partial charge is 0.352 e. The molecule has 4 rings (SSSR count). The minimum atomic E-state index is -0.0122. The number of carbonyl (C=O) groups is 1. The number of fused-ring (bicyclic) bond motifs is 1. The quantitative estimate of drug-likeness (QED) is 0.561. The summed E-state index contributed by atoms with van der Waals surface area (Å²) < 4.78 is 1.64. The summed E-state index contributed by atoms with van der Waals surface area (Å²) in [6, 6.07) is 16.0. The zero-order chi connectivity index (χ0) is 17.8. The Bertz CT molecular complexity index is 971. The van der Waals surface area contributed by atoms with Crippen LogP contribution in [-0.2, 0) is 17.9 Å². The summed E-state index contributed by atoms with van der Waals surface area (Å²) >= 11 is 0. The van der Waals surface area contributed by atoms with Crippen molar-refractivity contribution in [3.63, 3.8) is 0 Å². The third-order valence-electron chi connectivity index (χ3n) is 4.14. The van der Waals surface area contributed by atoms with Crippen molar-refractivity contribution in [2.75, 3.05) is 0 Å². The number of hydrogen-bond donors (Lipinski definition) is 2. The predicted octanol–water partition coefficient (Wildman–Crippen LogP) is 2.53. The molecule has 7 heteroatoms. The lowest BCUT2D eigenvalue weighted by Gasteiger charge is -2.06. The van der Waals surface area contributed by atoms with Crippen LogP contribution < -0.4 is 5.32 Å². The highest BCUT2D eigenvalue weighted by Gasteiger charge is 2.06. The SMILES string of the molecule is O=C(CCn1cncn1)NCc1ccc(-c2nc3ccccc3[nH]2)cc1. The lowest BCUT2D eigenvalue weighted by molar-refractivity contribution is -0.121. The number of benzene rings is 2. The van der Waals surface area contributed by atoms with Gasteiger partial charge in [0.25, 0.3) is 0 Å². The molecule has 2 aromatic heterocycles. The van der Waals surface area contributed by atoms with E-state index >= 15 is 0 Å². The number of nitrogens with one attached hydrogen (secondary N) is 2. The van der Waals surface area contributed by atoms with Crippen LogP contribution in [0.4, 0.5) is 0 Å². The van der Waals surface area contributed by atoms with Gasteiger partial charge in [-0.3, -0.25) is 9.48 Å². The molecular formula is C19H18N6O. The average molecular weight is 346 g/mol. The van der Waals surface area contributed by atoms with Gasteiger partial charge in [0, 0.05) is 18.5 Å². The fourth-order valence-corrected chi connectivity index (χ4v) is 2.72. The molecule has 0 fully saturated rings. The second kappa shape index (κ2) is 7.18. The molecule has 2 N–H and O–H groups in total. The van der Waals surface area contributed by atoms with Crippen LogP contribution >= 0.6 is 0 Å². The molecule has 4 aromatic rings. The summed E-state index contributed by atoms with van der Waals surface area (Å²) in [5, 5.41) is 6.90. The monoisotopic (exact) mass is 346 g/mol. The van der Waals surface area contributed by atoms with E-state index in [1.807, 2.05) is 48.5 Å². The van der Waals surface area contributed by atoms with Gasteiger partial charge < -0.3 is 10.3 Å². The smallest absolute Gasteiger partial charge is 0.222 e. The molecule has 26 heavy (non-hydrogen) atoms. The molecule has 0 aliphatic rings. The Kier molecular flexibility index (Phi) is 4.42. The topological polar surface area (TPSA) is 88.5 Å². The number of carbonyl (C=O) groups excluding carboxylic acids is 1. The number of para-hydroxylation sites is 2. The highest BCUT2D eigenvalue weighted by molar-refractivity contribution is 5.79. The second-order valence-electron chi connectivity index (χ2n) is 5.98. The summed E-state index contributed by atoms with van der Waals surface area (Å²) in [4.78, 5) is 23.7. The van der Waals surface area contributed by atoms with Crippen LogP contribution in [0.5, 0.6) is 0 Å². The van der Waals surface area contributed by atoms with Gasteiger partial charge in [-0.25, -0.2) is 9.97 Å². The van der Waals surface area contributed by atoms with E-state index in [0.717, 1.165) is 28.0 Å². The van der Waals surface area contributed by atoms with Crippen molar-refractivity contribution in [1.82, 2.24) is 30.0 Å². The number of aryl methyl sites for hydroxylation is 1. The van der Waals surface area contributed by atoms with Gasteiger partial charge in [-0.15, -0.1) is 0 Å². The maximum Gasteiger partial charge on any atom is 0.222 e. The Balaban J connectivity index is 1.34. The summed E-state index contributed by atoms with van der Waals surface area (Å²) in [5.41, 5.74) is 4.03. The van der Waals surface area contributed by atoms with Gasteiger partial charge in [0.1, 0.15) is 18.5 Å². The first-order chi connectivity index (χ1) is 12.8. The third-order valence-corrected chi connectivity index (χ3v) is 4.14. The first kappa shape index (κ1) is 16.0. The number of hydrogen-bond acceptors (Lipinski definition) is 4. The first-order valence-electron chi connectivity index (χ1n) is 8.41. The van der Waals surface area contributed by atoms with Crippen molar-refractivity contribution in [3.8, 4) is 11.4 Å². The first-order valence-corrected chi connectivity index (χ1v) is 8.41. The molecule has 1 amide bonds. The number of imidazole rings is 1. The molecule has 130 valence electrons. The second-order valence-corrected chi connectivity index (χ2v) is 5.98. The van der Waals surface area contributed by atoms with Crippen LogP contribution in [0.3, 0.4) is 0 Å². The minimum absolute atomic E-state index is 0.0122. The van der Waals surface area contributed by atoms with E-state index in [-0.39, 0.29) is 5.91 Å². The minimum Gasteiger partial charge on any atom is -0.352 e. The van der Waals surface area contributed by atoms with E-state index in [1.54, 1.807) is 11.0 Å². The van der Waals surface area contributed by atoms with Crippen molar-refractivity contribution in [1.29, 1.82) is 0 Å². The predicted molar refractivity (Wildman–Crippen MR) is 98.0 cm³/mol. The van der Waals surface area contributed by atoms with E-state index < -0.39 is 0 Å². The molecule has 0 saturated heterocycles. The molecular weight excluding hydrogens is 328 g/mol. The Morgan fingerprint density at radius 1 is 1.12 bits per heavy atom. The normalized spacial score (nSPS) is 10.9. The van der Waals surface area contributed by atoms with Crippen molar-refractivity contribution in [2.45, 2.75) is 19.5 Å². The van der Waals surface area contributed by atoms with Gasteiger partial charge >= 0.3 is 0 Å². The summed E-state index contributed by atoms with van der Waals surface area (Å²) in [5.74, 6) is 0.830. The molecule has 2 heterocycles. The lowest BCUT2D eigenvalue weighted by Crippen LogP contribution is -2.24. The Morgan fingerprint density at radius 2 is 1.96 bits per heavy atom. The van der Waals surface area contributed by atoms with Crippen molar-refractivity contribution >= 4 is 16.9 Å². The molecule has 0 aliphatic heterocycles. The van der Waals surface area contributed by atoms with E-state index in [1.165, 1.54) is 6.33 Å². The zero-order valence-corrected chi connectivity index (χ0v) is 14.1. The molecule has 0 saturated carbocycles. The molecule has 7 nitrogen and oxygen atoms in total.